The fourth-order valence-electron chi connectivity index (χ4n) is 3.62. The van der Waals surface area contributed by atoms with Gasteiger partial charge in [0.1, 0.15) is 6.04 Å². The molecule has 0 aromatic heterocycles. The van der Waals surface area contributed by atoms with E-state index in [1.165, 1.54) is 31.3 Å². The molecule has 1 saturated heterocycles. The predicted molar refractivity (Wildman–Crippen MR) is 75.8 cm³/mol. The van der Waals surface area contributed by atoms with E-state index in [4.69, 9.17) is 0 Å². The van der Waals surface area contributed by atoms with E-state index in [0.29, 0.717) is 31.3 Å². The number of hydrogen-bond acceptors (Lipinski definition) is 3. The van der Waals surface area contributed by atoms with Gasteiger partial charge in [-0.05, 0) is 37.5 Å². The van der Waals surface area contributed by atoms with Crippen LogP contribution in [-0.4, -0.2) is 30.4 Å². The molecule has 3 unspecified atom stereocenters. The predicted octanol–water partition coefficient (Wildman–Crippen LogP) is 0.817. The van der Waals surface area contributed by atoms with Gasteiger partial charge in [-0.25, -0.2) is 0 Å². The normalized spacial score (nSPS) is 32.1. The van der Waals surface area contributed by atoms with E-state index in [2.05, 4.69) is 22.2 Å². The number of fused-ring (bicyclic) bond motifs is 1. The highest BCUT2D eigenvalue weighted by molar-refractivity contribution is 5.90. The van der Waals surface area contributed by atoms with Crippen LogP contribution in [0.2, 0.25) is 0 Å². The summed E-state index contributed by atoms with van der Waals surface area (Å²) in [4.78, 5) is 23.0. The van der Waals surface area contributed by atoms with E-state index < -0.39 is 0 Å². The maximum Gasteiger partial charge on any atom is 0.242 e. The van der Waals surface area contributed by atoms with E-state index >= 15 is 0 Å². The monoisotopic (exact) mass is 277 g/mol. The van der Waals surface area contributed by atoms with Crippen molar-refractivity contribution in [2.24, 2.45) is 5.92 Å². The van der Waals surface area contributed by atoms with Crippen LogP contribution < -0.4 is 16.0 Å². The second-order valence-corrected chi connectivity index (χ2v) is 6.08. The number of amides is 2. The lowest BCUT2D eigenvalue weighted by Crippen LogP contribution is -2.42. The standard InChI is InChI=1S/C15H23N3O2/c19-14-6-5-13(18-14)15(20)16-8-7-10-9-17-12-4-2-1-3-11(10)12/h9,11-13,17H,1-8H2,(H,16,20)(H,18,19). The summed E-state index contributed by atoms with van der Waals surface area (Å²) in [6, 6.07) is 0.309. The molecule has 2 amide bonds. The number of hydrogen-bond donors (Lipinski definition) is 3. The Morgan fingerprint density at radius 1 is 1.30 bits per heavy atom. The van der Waals surface area contributed by atoms with Crippen molar-refractivity contribution in [2.45, 2.75) is 57.0 Å². The molecular weight excluding hydrogens is 254 g/mol. The van der Waals surface area contributed by atoms with Gasteiger partial charge in [-0.15, -0.1) is 0 Å². The lowest BCUT2D eigenvalue weighted by molar-refractivity contribution is -0.125. The van der Waals surface area contributed by atoms with Crippen molar-refractivity contribution >= 4 is 11.8 Å². The van der Waals surface area contributed by atoms with Crippen molar-refractivity contribution in [2.75, 3.05) is 6.54 Å². The summed E-state index contributed by atoms with van der Waals surface area (Å²) in [6.45, 7) is 0.669. The zero-order valence-corrected chi connectivity index (χ0v) is 11.8. The molecule has 0 radical (unpaired) electrons. The third kappa shape index (κ3) is 2.81. The zero-order valence-electron chi connectivity index (χ0n) is 11.8. The van der Waals surface area contributed by atoms with Gasteiger partial charge in [0, 0.05) is 24.9 Å². The van der Waals surface area contributed by atoms with Gasteiger partial charge in [-0.3, -0.25) is 9.59 Å². The molecule has 0 bridgehead atoms. The summed E-state index contributed by atoms with van der Waals surface area (Å²) in [5.74, 6) is 0.618. The van der Waals surface area contributed by atoms with Gasteiger partial charge in [0.05, 0.1) is 0 Å². The SMILES string of the molecule is O=C1CCC(C(=O)NCCC2=CNC3CCCCC23)N1. The molecule has 1 saturated carbocycles. The van der Waals surface area contributed by atoms with Crippen LogP contribution in [0.3, 0.4) is 0 Å². The smallest absolute Gasteiger partial charge is 0.242 e. The molecule has 3 atom stereocenters. The summed E-state index contributed by atoms with van der Waals surface area (Å²) in [5.41, 5.74) is 1.45. The Hall–Kier alpha value is -1.52. The summed E-state index contributed by atoms with van der Waals surface area (Å²) >= 11 is 0. The maximum absolute atomic E-state index is 11.9. The first-order valence-electron chi connectivity index (χ1n) is 7.76. The molecule has 2 heterocycles. The molecule has 5 heteroatoms. The van der Waals surface area contributed by atoms with E-state index in [-0.39, 0.29) is 17.9 Å². The molecule has 0 spiro atoms. The summed E-state index contributed by atoms with van der Waals surface area (Å²) in [7, 11) is 0. The molecular formula is C15H23N3O2. The van der Waals surface area contributed by atoms with Crippen LogP contribution in [0, 0.1) is 5.92 Å². The molecule has 2 fully saturated rings. The van der Waals surface area contributed by atoms with E-state index in [1.807, 2.05) is 0 Å². The Morgan fingerprint density at radius 3 is 2.95 bits per heavy atom. The average molecular weight is 277 g/mol. The Morgan fingerprint density at radius 2 is 2.15 bits per heavy atom. The fourth-order valence-corrected chi connectivity index (χ4v) is 3.62. The minimum Gasteiger partial charge on any atom is -0.388 e. The molecule has 3 aliphatic rings. The largest absolute Gasteiger partial charge is 0.388 e. The third-order valence-electron chi connectivity index (χ3n) is 4.75. The lowest BCUT2D eigenvalue weighted by atomic mass is 9.81. The van der Waals surface area contributed by atoms with Crippen molar-refractivity contribution in [1.29, 1.82) is 0 Å². The first kappa shape index (κ1) is 13.5. The van der Waals surface area contributed by atoms with Gasteiger partial charge < -0.3 is 16.0 Å². The molecule has 3 N–H and O–H groups in total. The number of rotatable bonds is 4. The second-order valence-electron chi connectivity index (χ2n) is 6.08. The zero-order chi connectivity index (χ0) is 13.9. The van der Waals surface area contributed by atoms with Gasteiger partial charge in [0.15, 0.2) is 0 Å². The van der Waals surface area contributed by atoms with Gasteiger partial charge in [-0.2, -0.15) is 0 Å². The van der Waals surface area contributed by atoms with Crippen LogP contribution in [0.4, 0.5) is 0 Å². The van der Waals surface area contributed by atoms with Crippen molar-refractivity contribution in [3.05, 3.63) is 11.8 Å². The van der Waals surface area contributed by atoms with Crippen LogP contribution in [0.25, 0.3) is 0 Å². The minimum absolute atomic E-state index is 0.0158. The van der Waals surface area contributed by atoms with Crippen molar-refractivity contribution in [3.8, 4) is 0 Å². The Bertz CT molecular complexity index is 433. The number of carbonyl (C=O) groups excluding carboxylic acids is 2. The number of nitrogens with one attached hydrogen (secondary N) is 3. The van der Waals surface area contributed by atoms with Crippen LogP contribution in [-0.2, 0) is 9.59 Å². The lowest BCUT2D eigenvalue weighted by Gasteiger charge is -2.27. The van der Waals surface area contributed by atoms with Crippen LogP contribution in [0.1, 0.15) is 44.9 Å². The molecule has 0 aromatic carbocycles. The molecule has 5 nitrogen and oxygen atoms in total. The van der Waals surface area contributed by atoms with E-state index in [0.717, 1.165) is 6.42 Å². The summed E-state index contributed by atoms with van der Waals surface area (Å²) < 4.78 is 0. The van der Waals surface area contributed by atoms with E-state index in [1.54, 1.807) is 0 Å². The molecule has 0 aromatic rings. The van der Waals surface area contributed by atoms with E-state index in [9.17, 15) is 9.59 Å². The van der Waals surface area contributed by atoms with Crippen molar-refractivity contribution < 1.29 is 9.59 Å². The highest BCUT2D eigenvalue weighted by atomic mass is 16.2. The van der Waals surface area contributed by atoms with Gasteiger partial charge in [0.2, 0.25) is 11.8 Å². The highest BCUT2D eigenvalue weighted by Gasteiger charge is 2.31. The third-order valence-corrected chi connectivity index (χ3v) is 4.75. The average Bonchev–Trinajstić information content (AvgIpc) is 3.06. The van der Waals surface area contributed by atoms with Crippen LogP contribution >= 0.6 is 0 Å². The molecule has 1 aliphatic carbocycles. The van der Waals surface area contributed by atoms with Gasteiger partial charge in [-0.1, -0.05) is 12.8 Å². The van der Waals surface area contributed by atoms with Crippen molar-refractivity contribution in [3.63, 3.8) is 0 Å². The van der Waals surface area contributed by atoms with Crippen LogP contribution in [0.5, 0.6) is 0 Å². The first-order valence-corrected chi connectivity index (χ1v) is 7.76. The van der Waals surface area contributed by atoms with Gasteiger partial charge >= 0.3 is 0 Å². The maximum atomic E-state index is 11.9. The van der Waals surface area contributed by atoms with Gasteiger partial charge in [0.25, 0.3) is 0 Å². The topological polar surface area (TPSA) is 70.2 Å². The van der Waals surface area contributed by atoms with Crippen molar-refractivity contribution in [1.82, 2.24) is 16.0 Å². The quantitative estimate of drug-likeness (QED) is 0.712. The summed E-state index contributed by atoms with van der Waals surface area (Å²) in [5, 5.41) is 9.12. The second kappa shape index (κ2) is 5.85. The molecule has 20 heavy (non-hydrogen) atoms. The molecule has 2 aliphatic heterocycles. The highest BCUT2D eigenvalue weighted by Crippen LogP contribution is 2.34. The molecule has 3 rings (SSSR count). The summed E-state index contributed by atoms with van der Waals surface area (Å²) in [6.07, 6.45) is 9.36. The number of carbonyl (C=O) groups is 2. The fraction of sp³-hybridized carbons (Fsp3) is 0.733. The molecule has 110 valence electrons. The first-order chi connectivity index (χ1) is 9.74. The Labute approximate surface area is 119 Å². The minimum atomic E-state index is -0.319. The van der Waals surface area contributed by atoms with Crippen LogP contribution in [0.15, 0.2) is 11.8 Å². The Kier molecular flexibility index (Phi) is 3.94. The Balaban J connectivity index is 1.41.